The lowest BCUT2D eigenvalue weighted by Crippen LogP contribution is -2.56. The van der Waals surface area contributed by atoms with Crippen molar-refractivity contribution in [3.8, 4) is 17.4 Å². The van der Waals surface area contributed by atoms with E-state index < -0.39 is 5.60 Å². The summed E-state index contributed by atoms with van der Waals surface area (Å²) in [6, 6.07) is 15.2. The topological polar surface area (TPSA) is 81.2 Å². The molecular weight excluding hydrogens is 554 g/mol. The summed E-state index contributed by atoms with van der Waals surface area (Å²) in [7, 11) is 0. The SMILES string of the molecule is Cc1ccc(COc2ccc(Oc3c(C)cc(/C=C/C(=O)N4CCN(C(=O)OC(C)(C)C)[C@@H](C)C4)cc3Cl)nc2)cc1. The van der Waals surface area contributed by atoms with E-state index in [2.05, 4.69) is 17.1 Å². The molecule has 0 unspecified atom stereocenters. The molecule has 1 aliphatic rings. The first kappa shape index (κ1) is 30.9. The van der Waals surface area contributed by atoms with Crippen LogP contribution in [0.3, 0.4) is 0 Å². The number of ether oxygens (including phenoxy) is 3. The smallest absolute Gasteiger partial charge is 0.410 e. The van der Waals surface area contributed by atoms with Gasteiger partial charge in [-0.2, -0.15) is 0 Å². The van der Waals surface area contributed by atoms with E-state index >= 15 is 0 Å². The number of rotatable bonds is 7. The summed E-state index contributed by atoms with van der Waals surface area (Å²) in [6.07, 6.45) is 4.51. The van der Waals surface area contributed by atoms with Crippen molar-refractivity contribution in [3.05, 3.63) is 88.1 Å². The first-order valence-corrected chi connectivity index (χ1v) is 14.3. The van der Waals surface area contributed by atoms with Crippen molar-refractivity contribution >= 4 is 29.7 Å². The zero-order chi connectivity index (χ0) is 30.4. The van der Waals surface area contributed by atoms with Crippen molar-refractivity contribution in [1.29, 1.82) is 0 Å². The third kappa shape index (κ3) is 8.49. The molecule has 3 aromatic rings. The summed E-state index contributed by atoms with van der Waals surface area (Å²) < 4.78 is 17.3. The quantitative estimate of drug-likeness (QED) is 0.270. The zero-order valence-corrected chi connectivity index (χ0v) is 25.8. The Morgan fingerprint density at radius 2 is 1.81 bits per heavy atom. The number of halogens is 1. The molecule has 0 spiro atoms. The van der Waals surface area contributed by atoms with Crippen LogP contribution >= 0.6 is 11.6 Å². The summed E-state index contributed by atoms with van der Waals surface area (Å²) in [5.74, 6) is 1.39. The second kappa shape index (κ2) is 13.3. The molecule has 1 atom stereocenters. The predicted molar refractivity (Wildman–Crippen MR) is 164 cm³/mol. The minimum atomic E-state index is -0.565. The summed E-state index contributed by atoms with van der Waals surface area (Å²) in [5.41, 5.74) is 3.29. The van der Waals surface area contributed by atoms with Crippen molar-refractivity contribution in [3.63, 3.8) is 0 Å². The van der Waals surface area contributed by atoms with Gasteiger partial charge in [0.2, 0.25) is 11.8 Å². The molecule has 0 N–H and O–H groups in total. The molecule has 0 radical (unpaired) electrons. The number of carbonyl (C=O) groups excluding carboxylic acids is 2. The number of amides is 2. The van der Waals surface area contributed by atoms with Crippen LogP contribution in [-0.4, -0.2) is 58.1 Å². The second-order valence-electron chi connectivity index (χ2n) is 11.5. The van der Waals surface area contributed by atoms with Crippen molar-refractivity contribution < 1.29 is 23.8 Å². The molecular formula is C33H38ClN3O5. The van der Waals surface area contributed by atoms with E-state index in [0.717, 1.165) is 16.7 Å². The van der Waals surface area contributed by atoms with Gasteiger partial charge < -0.3 is 24.0 Å². The highest BCUT2D eigenvalue weighted by Gasteiger charge is 2.32. The predicted octanol–water partition coefficient (Wildman–Crippen LogP) is 7.20. The van der Waals surface area contributed by atoms with E-state index in [9.17, 15) is 9.59 Å². The summed E-state index contributed by atoms with van der Waals surface area (Å²) in [5, 5.41) is 0.406. The molecule has 8 nitrogen and oxygen atoms in total. The number of benzene rings is 2. The maximum atomic E-state index is 12.9. The molecule has 1 saturated heterocycles. The van der Waals surface area contributed by atoms with Gasteiger partial charge in [-0.15, -0.1) is 0 Å². The normalized spacial score (nSPS) is 15.5. The van der Waals surface area contributed by atoms with E-state index in [1.807, 2.05) is 59.7 Å². The molecule has 1 aromatic heterocycles. The fraction of sp³-hybridized carbons (Fsp3) is 0.364. The third-order valence-corrected chi connectivity index (χ3v) is 6.96. The highest BCUT2D eigenvalue weighted by Crippen LogP contribution is 2.34. The Morgan fingerprint density at radius 3 is 2.43 bits per heavy atom. The fourth-order valence-corrected chi connectivity index (χ4v) is 4.79. The number of hydrogen-bond donors (Lipinski definition) is 0. The largest absolute Gasteiger partial charge is 0.487 e. The number of carbonyl (C=O) groups is 2. The van der Waals surface area contributed by atoms with Crippen LogP contribution in [0.25, 0.3) is 6.08 Å². The van der Waals surface area contributed by atoms with Gasteiger partial charge in [0.1, 0.15) is 18.0 Å². The van der Waals surface area contributed by atoms with Crippen LogP contribution in [0, 0.1) is 13.8 Å². The minimum Gasteiger partial charge on any atom is -0.487 e. The van der Waals surface area contributed by atoms with Crippen LogP contribution in [0.15, 0.2) is 60.8 Å². The van der Waals surface area contributed by atoms with Crippen molar-refractivity contribution in [1.82, 2.24) is 14.8 Å². The van der Waals surface area contributed by atoms with E-state index in [1.54, 1.807) is 40.3 Å². The molecule has 2 amide bonds. The highest BCUT2D eigenvalue weighted by atomic mass is 35.5. The number of piperazine rings is 1. The Labute approximate surface area is 252 Å². The molecule has 2 aromatic carbocycles. The van der Waals surface area contributed by atoms with Gasteiger partial charge >= 0.3 is 6.09 Å². The second-order valence-corrected chi connectivity index (χ2v) is 11.9. The zero-order valence-electron chi connectivity index (χ0n) is 25.0. The molecule has 1 fully saturated rings. The van der Waals surface area contributed by atoms with Crippen LogP contribution in [0.1, 0.15) is 49.9 Å². The van der Waals surface area contributed by atoms with Gasteiger partial charge in [0.05, 0.1) is 11.2 Å². The van der Waals surface area contributed by atoms with Gasteiger partial charge in [-0.3, -0.25) is 4.79 Å². The average Bonchev–Trinajstić information content (AvgIpc) is 2.93. The standard InChI is InChI=1S/C33H38ClN3O5/c1-22-7-9-25(10-8-22)21-40-27-12-13-29(35-19-27)41-31-23(2)17-26(18-28(31)34)11-14-30(38)36-15-16-37(24(3)20-36)32(39)42-33(4,5)6/h7-14,17-19,24H,15-16,20-21H2,1-6H3/b14-11+/t24-/m0/s1. The molecule has 2 heterocycles. The molecule has 4 rings (SSSR count). The van der Waals surface area contributed by atoms with E-state index in [-0.39, 0.29) is 18.0 Å². The Morgan fingerprint density at radius 1 is 1.07 bits per heavy atom. The van der Waals surface area contributed by atoms with Crippen molar-refractivity contribution in [2.45, 2.75) is 59.8 Å². The van der Waals surface area contributed by atoms with Crippen molar-refractivity contribution in [2.75, 3.05) is 19.6 Å². The number of aromatic nitrogens is 1. The minimum absolute atomic E-state index is 0.131. The van der Waals surface area contributed by atoms with E-state index in [0.29, 0.717) is 48.6 Å². The molecule has 222 valence electrons. The maximum Gasteiger partial charge on any atom is 0.410 e. The van der Waals surface area contributed by atoms with E-state index in [1.165, 1.54) is 11.6 Å². The molecule has 0 bridgehead atoms. The van der Waals surface area contributed by atoms with Gasteiger partial charge in [0.25, 0.3) is 0 Å². The average molecular weight is 592 g/mol. The summed E-state index contributed by atoms with van der Waals surface area (Å²) in [6.45, 7) is 13.1. The van der Waals surface area contributed by atoms with Gasteiger partial charge in [-0.05, 0) is 82.5 Å². The summed E-state index contributed by atoms with van der Waals surface area (Å²) in [4.78, 5) is 33.1. The lowest BCUT2D eigenvalue weighted by atomic mass is 10.1. The lowest BCUT2D eigenvalue weighted by Gasteiger charge is -2.39. The van der Waals surface area contributed by atoms with E-state index in [4.69, 9.17) is 25.8 Å². The molecule has 1 aliphatic heterocycles. The highest BCUT2D eigenvalue weighted by molar-refractivity contribution is 6.32. The summed E-state index contributed by atoms with van der Waals surface area (Å²) >= 11 is 6.56. The Kier molecular flexibility index (Phi) is 9.78. The number of aryl methyl sites for hydroxylation is 2. The van der Waals surface area contributed by atoms with Gasteiger partial charge in [-0.1, -0.05) is 41.4 Å². The van der Waals surface area contributed by atoms with Crippen LogP contribution < -0.4 is 9.47 Å². The first-order valence-electron chi connectivity index (χ1n) is 14.0. The molecule has 0 saturated carbocycles. The molecule has 0 aliphatic carbocycles. The van der Waals surface area contributed by atoms with Gasteiger partial charge in [0.15, 0.2) is 5.75 Å². The van der Waals surface area contributed by atoms with Gasteiger partial charge in [-0.25, -0.2) is 9.78 Å². The van der Waals surface area contributed by atoms with Gasteiger partial charge in [0, 0.05) is 37.8 Å². The lowest BCUT2D eigenvalue weighted by molar-refractivity contribution is -0.128. The monoisotopic (exact) mass is 591 g/mol. The van der Waals surface area contributed by atoms with Crippen LogP contribution in [0.5, 0.6) is 17.4 Å². The molecule has 9 heteroatoms. The Hall–Kier alpha value is -4.04. The van der Waals surface area contributed by atoms with Crippen LogP contribution in [0.2, 0.25) is 5.02 Å². The maximum absolute atomic E-state index is 12.9. The number of hydrogen-bond acceptors (Lipinski definition) is 6. The first-order chi connectivity index (χ1) is 19.9. The Bertz CT molecular complexity index is 1410. The Balaban J connectivity index is 1.32. The fourth-order valence-electron chi connectivity index (χ4n) is 4.47. The van der Waals surface area contributed by atoms with Crippen LogP contribution in [-0.2, 0) is 16.1 Å². The van der Waals surface area contributed by atoms with Crippen LogP contribution in [0.4, 0.5) is 4.79 Å². The third-order valence-electron chi connectivity index (χ3n) is 6.68. The number of nitrogens with zero attached hydrogens (tertiary/aromatic N) is 3. The van der Waals surface area contributed by atoms with Crippen molar-refractivity contribution in [2.24, 2.45) is 0 Å². The molecule has 42 heavy (non-hydrogen) atoms. The number of pyridine rings is 1.